The molecule has 1 N–H and O–H groups in total. The first kappa shape index (κ1) is 38.6. The molecule has 1 amide bonds. The molecular formula is C42H44N4O10S. The highest BCUT2D eigenvalue weighted by atomic mass is 32.2. The van der Waals surface area contributed by atoms with Crippen molar-refractivity contribution >= 4 is 35.7 Å². The van der Waals surface area contributed by atoms with Crippen LogP contribution < -0.4 is 29.0 Å². The fourth-order valence-electron chi connectivity index (χ4n) is 9.26. The summed E-state index contributed by atoms with van der Waals surface area (Å²) in [5.41, 5.74) is 5.54. The van der Waals surface area contributed by atoms with Gasteiger partial charge in [0.05, 0.1) is 30.5 Å². The summed E-state index contributed by atoms with van der Waals surface area (Å²) in [6.07, 6.45) is 3.60. The van der Waals surface area contributed by atoms with E-state index in [9.17, 15) is 19.6 Å². The monoisotopic (exact) mass is 796 g/mol. The van der Waals surface area contributed by atoms with Crippen molar-refractivity contribution in [2.45, 2.75) is 68.7 Å². The number of rotatable bonds is 8. The number of hydrogen-bond donors (Lipinski definition) is 1. The van der Waals surface area contributed by atoms with Crippen LogP contribution >= 0.6 is 11.8 Å². The van der Waals surface area contributed by atoms with Crippen LogP contribution in [0.3, 0.4) is 0 Å². The van der Waals surface area contributed by atoms with E-state index in [0.717, 1.165) is 22.3 Å². The molecule has 7 atom stereocenters. The topological polar surface area (TPSA) is 158 Å². The van der Waals surface area contributed by atoms with Crippen LogP contribution in [0.4, 0.5) is 0 Å². The van der Waals surface area contributed by atoms with Gasteiger partial charge < -0.3 is 38.5 Å². The molecule has 57 heavy (non-hydrogen) atoms. The Morgan fingerprint density at radius 1 is 1.05 bits per heavy atom. The number of ether oxygens (including phenoxy) is 7. The van der Waals surface area contributed by atoms with Crippen molar-refractivity contribution in [1.29, 1.82) is 5.26 Å². The SMILES string of the molecule is COCOc1c(OC)c(C)cc2c1[C@@H]1C3[C@@H]4SC[C@H](NC(=O)C=Cc5ccccc5)C(=O)OC[C@H](c5c6c(c(C)c(OC(C)=O)c54)OCO6)N3[C@@H](C#N)[C@@H](C2)N1C. The third-order valence-electron chi connectivity index (χ3n) is 11.5. The third kappa shape index (κ3) is 6.54. The van der Waals surface area contributed by atoms with Crippen LogP contribution in [0, 0.1) is 25.2 Å². The molecule has 0 radical (unpaired) electrons. The van der Waals surface area contributed by atoms with Crippen molar-refractivity contribution in [3.05, 3.63) is 81.4 Å². The average Bonchev–Trinajstić information content (AvgIpc) is 3.69. The molecule has 298 valence electrons. The molecule has 0 spiro atoms. The minimum absolute atomic E-state index is 0.0275. The summed E-state index contributed by atoms with van der Waals surface area (Å²) in [4.78, 5) is 44.6. The maximum Gasteiger partial charge on any atom is 0.329 e. The molecule has 0 saturated carbocycles. The zero-order chi connectivity index (χ0) is 40.1. The van der Waals surface area contributed by atoms with Crippen LogP contribution in [0.1, 0.15) is 63.2 Å². The number of likely N-dealkylation sites (N-methyl/N-ethyl adjacent to an activating group) is 1. The van der Waals surface area contributed by atoms with Crippen LogP contribution in [0.2, 0.25) is 0 Å². The molecule has 6 aliphatic rings. The minimum Gasteiger partial charge on any atom is -0.493 e. The summed E-state index contributed by atoms with van der Waals surface area (Å²) in [7, 11) is 5.18. The Kier molecular flexibility index (Phi) is 10.6. The van der Waals surface area contributed by atoms with Crippen molar-refractivity contribution in [3.8, 4) is 34.8 Å². The second-order valence-corrected chi connectivity index (χ2v) is 15.9. The Morgan fingerprint density at radius 2 is 1.82 bits per heavy atom. The summed E-state index contributed by atoms with van der Waals surface area (Å²) in [6, 6.07) is 10.5. The lowest BCUT2D eigenvalue weighted by molar-refractivity contribution is -0.152. The van der Waals surface area contributed by atoms with E-state index in [2.05, 4.69) is 27.3 Å². The third-order valence-corrected chi connectivity index (χ3v) is 12.9. The highest BCUT2D eigenvalue weighted by Gasteiger charge is 2.61. The first-order valence-corrected chi connectivity index (χ1v) is 19.8. The summed E-state index contributed by atoms with van der Waals surface area (Å²) in [6.45, 7) is 4.86. The molecule has 6 aliphatic heterocycles. The van der Waals surface area contributed by atoms with Crippen molar-refractivity contribution < 1.29 is 47.5 Å². The molecule has 4 bridgehead atoms. The van der Waals surface area contributed by atoms with E-state index in [1.165, 1.54) is 24.8 Å². The van der Waals surface area contributed by atoms with E-state index in [-0.39, 0.29) is 32.0 Å². The summed E-state index contributed by atoms with van der Waals surface area (Å²) in [5.74, 6) is 0.829. The Bertz CT molecular complexity index is 2190. The fraction of sp³-hybridized carbons (Fsp3) is 0.429. The Morgan fingerprint density at radius 3 is 2.54 bits per heavy atom. The number of thioether (sulfide) groups is 1. The van der Waals surface area contributed by atoms with Gasteiger partial charge in [-0.3, -0.25) is 19.4 Å². The minimum atomic E-state index is -1.03. The number of fused-ring (bicyclic) bond motifs is 10. The number of hydrogen-bond acceptors (Lipinski definition) is 14. The number of benzene rings is 3. The lowest BCUT2D eigenvalue weighted by Gasteiger charge is -2.61. The van der Waals surface area contributed by atoms with Gasteiger partial charge in [0, 0.05) is 60.2 Å². The van der Waals surface area contributed by atoms with Gasteiger partial charge in [0.2, 0.25) is 12.7 Å². The van der Waals surface area contributed by atoms with E-state index >= 15 is 0 Å². The highest BCUT2D eigenvalue weighted by Crippen LogP contribution is 2.64. The van der Waals surface area contributed by atoms with Crippen LogP contribution in [0.5, 0.6) is 28.7 Å². The van der Waals surface area contributed by atoms with Crippen LogP contribution in [-0.2, 0) is 30.3 Å². The lowest BCUT2D eigenvalue weighted by Crippen LogP contribution is -2.69. The second-order valence-electron chi connectivity index (χ2n) is 14.7. The number of methoxy groups -OCH3 is 2. The first-order valence-electron chi connectivity index (χ1n) is 18.7. The number of carbonyl (C=O) groups excluding carboxylic acids is 3. The van der Waals surface area contributed by atoms with Gasteiger partial charge >= 0.3 is 11.9 Å². The van der Waals surface area contributed by atoms with E-state index in [1.807, 2.05) is 51.2 Å². The summed E-state index contributed by atoms with van der Waals surface area (Å²) >= 11 is 1.42. The predicted molar refractivity (Wildman–Crippen MR) is 208 cm³/mol. The number of amides is 1. The van der Waals surface area contributed by atoms with Crippen molar-refractivity contribution in [2.75, 3.05) is 47.2 Å². The number of nitrogens with one attached hydrogen (secondary N) is 1. The Labute approximate surface area is 334 Å². The second kappa shape index (κ2) is 15.6. The number of carbonyl (C=O) groups is 3. The van der Waals surface area contributed by atoms with Gasteiger partial charge in [-0.2, -0.15) is 5.26 Å². The Hall–Kier alpha value is -5.27. The number of nitrogens with zero attached hydrogens (tertiary/aromatic N) is 3. The molecule has 3 aromatic carbocycles. The largest absolute Gasteiger partial charge is 0.493 e. The molecule has 9 rings (SSSR count). The number of esters is 2. The van der Waals surface area contributed by atoms with Crippen molar-refractivity contribution in [1.82, 2.24) is 15.1 Å². The molecule has 14 nitrogen and oxygen atoms in total. The molecule has 3 aromatic rings. The van der Waals surface area contributed by atoms with Crippen molar-refractivity contribution in [2.24, 2.45) is 0 Å². The summed E-state index contributed by atoms with van der Waals surface area (Å²) in [5, 5.41) is 13.4. The molecule has 0 aromatic heterocycles. The number of aryl methyl sites for hydroxylation is 1. The van der Waals surface area contributed by atoms with Gasteiger partial charge in [-0.15, -0.1) is 11.8 Å². The van der Waals surface area contributed by atoms with Gasteiger partial charge in [0.15, 0.2) is 29.8 Å². The average molecular weight is 797 g/mol. The molecule has 2 saturated heterocycles. The normalized spacial score (nSPS) is 26.1. The van der Waals surface area contributed by atoms with Gasteiger partial charge in [0.25, 0.3) is 0 Å². The Balaban J connectivity index is 1.33. The van der Waals surface area contributed by atoms with Gasteiger partial charge in [-0.1, -0.05) is 36.4 Å². The first-order chi connectivity index (χ1) is 27.6. The molecule has 0 aliphatic carbocycles. The van der Waals surface area contributed by atoms with E-state index in [1.54, 1.807) is 20.3 Å². The number of piperazine rings is 1. The van der Waals surface area contributed by atoms with Crippen LogP contribution in [0.25, 0.3) is 6.08 Å². The lowest BCUT2D eigenvalue weighted by atomic mass is 9.71. The quantitative estimate of drug-likeness (QED) is 0.145. The molecule has 1 unspecified atom stereocenters. The molecule has 2 fully saturated rings. The van der Waals surface area contributed by atoms with E-state index in [4.69, 9.17) is 33.2 Å². The fourth-order valence-corrected chi connectivity index (χ4v) is 10.8. The van der Waals surface area contributed by atoms with Crippen molar-refractivity contribution in [3.63, 3.8) is 0 Å². The highest BCUT2D eigenvalue weighted by molar-refractivity contribution is 7.99. The zero-order valence-corrected chi connectivity index (χ0v) is 33.3. The number of nitriles is 1. The smallest absolute Gasteiger partial charge is 0.329 e. The predicted octanol–water partition coefficient (Wildman–Crippen LogP) is 4.71. The summed E-state index contributed by atoms with van der Waals surface area (Å²) < 4.78 is 42.2. The van der Waals surface area contributed by atoms with Crippen LogP contribution in [0.15, 0.2) is 42.5 Å². The van der Waals surface area contributed by atoms with E-state index in [0.29, 0.717) is 51.9 Å². The standard InChI is InChI=1S/C42H44N4O10S/c1-21-14-25-15-27-28(16-43)46-29-17-52-42(49)26(44-30(48)13-12-24-10-8-7-9-11-24)18-57-41(33-32(29)40-38(54-20-55-40)22(2)37(33)56-23(3)47)35(46)34(45(27)4)31(25)39(36(21)51-6)53-19-50-5/h7-14,26-29,34-35,41H,15,17-20H2,1-6H3,(H,44,48)/t26-,27+,28-,29+,34+,35?,41+/m0/s1. The molecular weight excluding hydrogens is 753 g/mol. The van der Waals surface area contributed by atoms with Gasteiger partial charge in [0.1, 0.15) is 24.4 Å². The molecule has 15 heteroatoms. The maximum absolute atomic E-state index is 14.0. The van der Waals surface area contributed by atoms with E-state index < -0.39 is 53.3 Å². The molecule has 6 heterocycles. The van der Waals surface area contributed by atoms with Crippen LogP contribution in [-0.4, -0.2) is 99.0 Å². The maximum atomic E-state index is 14.0. The zero-order valence-electron chi connectivity index (χ0n) is 32.5. The van der Waals surface area contributed by atoms with Gasteiger partial charge in [-0.25, -0.2) is 4.79 Å². The van der Waals surface area contributed by atoms with Gasteiger partial charge in [-0.05, 0) is 50.1 Å².